The molecule has 0 bridgehead atoms. The number of ether oxygens (including phenoxy) is 2. The van der Waals surface area contributed by atoms with Gasteiger partial charge >= 0.3 is 12.4 Å². The topological polar surface area (TPSA) is 108 Å². The molecule has 14 heteroatoms. The minimum atomic E-state index is -4.48. The number of nitrogens with two attached hydrogens (primary N) is 1. The molecule has 2 aliphatic carbocycles. The van der Waals surface area contributed by atoms with Crippen molar-refractivity contribution in [1.82, 2.24) is 15.2 Å². The van der Waals surface area contributed by atoms with Gasteiger partial charge in [0.15, 0.2) is 0 Å². The lowest BCUT2D eigenvalue weighted by molar-refractivity contribution is -0.138. The standard InChI is InChI=1S/C27H35F3N2O2.C21H29F3N2O2/c1-17(2)26(13-12-22(15-26)32-18(3)8-9-19(32)4)24(33)31-16-20-14-21(27(28,29)30)10-11-23(20)34-25(5,6)7;1-13(2)20(9-8-16(25)11-20)18(27)26-12-14-10-15(21(22,23)24)6-7-17(14)28-19(3,4)5/h8-14,17,22H,15-16H2,1-7H3,(H,31,33);6-10,13,16H,11-12,25H2,1-5H3,(H,26,27)/t22?,26-;16?,20-/m00/s1. The van der Waals surface area contributed by atoms with Gasteiger partial charge in [0.1, 0.15) is 22.7 Å². The van der Waals surface area contributed by atoms with E-state index in [0.717, 1.165) is 35.7 Å². The van der Waals surface area contributed by atoms with Gasteiger partial charge in [-0.2, -0.15) is 26.3 Å². The molecule has 5 rings (SSSR count). The van der Waals surface area contributed by atoms with Crippen molar-refractivity contribution in [3.63, 3.8) is 0 Å². The number of hydrogen-bond acceptors (Lipinski definition) is 5. The Morgan fingerprint density at radius 2 is 1.06 bits per heavy atom. The molecule has 2 unspecified atom stereocenters. The minimum absolute atomic E-state index is 0.00380. The van der Waals surface area contributed by atoms with E-state index in [9.17, 15) is 35.9 Å². The van der Waals surface area contributed by atoms with Crippen LogP contribution < -0.4 is 25.8 Å². The smallest absolute Gasteiger partial charge is 0.416 e. The van der Waals surface area contributed by atoms with Crippen LogP contribution in [0.25, 0.3) is 0 Å². The third kappa shape index (κ3) is 12.0. The second-order valence-electron chi connectivity index (χ2n) is 19.2. The highest BCUT2D eigenvalue weighted by Crippen LogP contribution is 2.46. The first-order valence-electron chi connectivity index (χ1n) is 21.0. The summed E-state index contributed by atoms with van der Waals surface area (Å²) in [6.07, 6.45) is -0.224. The number of carbonyl (C=O) groups is 2. The molecule has 342 valence electrons. The summed E-state index contributed by atoms with van der Waals surface area (Å²) in [5, 5.41) is 5.71. The average molecular weight is 875 g/mol. The molecule has 1 heterocycles. The molecule has 0 fully saturated rings. The number of nitrogens with one attached hydrogen (secondary N) is 2. The van der Waals surface area contributed by atoms with Gasteiger partial charge in [-0.05, 0) is 129 Å². The van der Waals surface area contributed by atoms with Crippen molar-refractivity contribution in [2.24, 2.45) is 28.4 Å². The molecule has 8 nitrogen and oxygen atoms in total. The molecule has 0 aliphatic heterocycles. The van der Waals surface area contributed by atoms with Crippen molar-refractivity contribution in [1.29, 1.82) is 0 Å². The van der Waals surface area contributed by atoms with E-state index < -0.39 is 45.5 Å². The van der Waals surface area contributed by atoms with Gasteiger partial charge in [0.25, 0.3) is 0 Å². The molecule has 2 amide bonds. The molecule has 0 saturated carbocycles. The zero-order chi connectivity index (χ0) is 46.8. The highest BCUT2D eigenvalue weighted by molar-refractivity contribution is 5.86. The van der Waals surface area contributed by atoms with Gasteiger partial charge in [-0.25, -0.2) is 0 Å². The molecule has 2 aliphatic rings. The van der Waals surface area contributed by atoms with Crippen LogP contribution >= 0.6 is 0 Å². The van der Waals surface area contributed by atoms with Crippen molar-refractivity contribution in [2.75, 3.05) is 0 Å². The second-order valence-corrected chi connectivity index (χ2v) is 19.2. The normalized spacial score (nSPS) is 21.6. The Morgan fingerprint density at radius 1 is 0.677 bits per heavy atom. The molecule has 3 aromatic rings. The van der Waals surface area contributed by atoms with Gasteiger partial charge in [0.2, 0.25) is 11.8 Å². The fourth-order valence-electron chi connectivity index (χ4n) is 8.01. The summed E-state index contributed by atoms with van der Waals surface area (Å²) in [4.78, 5) is 26.4. The van der Waals surface area contributed by atoms with Gasteiger partial charge < -0.3 is 30.4 Å². The quantitative estimate of drug-likeness (QED) is 0.131. The molecule has 2 aromatic carbocycles. The van der Waals surface area contributed by atoms with Crippen molar-refractivity contribution in [3.05, 3.63) is 106 Å². The van der Waals surface area contributed by atoms with E-state index in [0.29, 0.717) is 29.9 Å². The van der Waals surface area contributed by atoms with Gasteiger partial charge in [-0.3, -0.25) is 9.59 Å². The number of allylic oxidation sites excluding steroid dienone is 1. The van der Waals surface area contributed by atoms with E-state index >= 15 is 0 Å². The summed E-state index contributed by atoms with van der Waals surface area (Å²) in [5.41, 5.74) is 4.54. The van der Waals surface area contributed by atoms with Crippen LogP contribution in [0.2, 0.25) is 0 Å². The lowest BCUT2D eigenvalue weighted by atomic mass is 9.75. The highest BCUT2D eigenvalue weighted by Gasteiger charge is 2.45. The molecule has 0 saturated heterocycles. The Kier molecular flexibility index (Phi) is 14.9. The van der Waals surface area contributed by atoms with E-state index in [1.807, 2.05) is 95.2 Å². The van der Waals surface area contributed by atoms with Crippen molar-refractivity contribution in [2.45, 2.75) is 145 Å². The summed E-state index contributed by atoms with van der Waals surface area (Å²) in [6, 6.07) is 10.7. The molecule has 0 radical (unpaired) electrons. The summed E-state index contributed by atoms with van der Waals surface area (Å²) >= 11 is 0. The number of carbonyl (C=O) groups excluding carboxylic acids is 2. The number of alkyl halides is 6. The Morgan fingerprint density at radius 3 is 1.40 bits per heavy atom. The predicted molar refractivity (Wildman–Crippen MR) is 230 cm³/mol. The number of hydrogen-bond donors (Lipinski definition) is 3. The third-order valence-electron chi connectivity index (χ3n) is 11.4. The summed E-state index contributed by atoms with van der Waals surface area (Å²) in [6.45, 7) is 22.7. The van der Waals surface area contributed by atoms with Crippen LogP contribution in [0, 0.1) is 36.5 Å². The van der Waals surface area contributed by atoms with Gasteiger partial charge in [0, 0.05) is 41.6 Å². The number of amides is 2. The zero-order valence-electron chi connectivity index (χ0n) is 38.0. The van der Waals surface area contributed by atoms with E-state index in [1.165, 1.54) is 12.1 Å². The maximum atomic E-state index is 13.5. The van der Waals surface area contributed by atoms with Gasteiger partial charge in [0.05, 0.1) is 28.0 Å². The maximum absolute atomic E-state index is 13.5. The van der Waals surface area contributed by atoms with Crippen LogP contribution in [0.15, 0.2) is 72.8 Å². The highest BCUT2D eigenvalue weighted by atomic mass is 19.4. The van der Waals surface area contributed by atoms with Crippen LogP contribution in [-0.4, -0.2) is 33.6 Å². The molecular formula is C48H64F6N4O4. The Hall–Kier alpha value is -4.72. The van der Waals surface area contributed by atoms with Crippen LogP contribution in [0.3, 0.4) is 0 Å². The van der Waals surface area contributed by atoms with Gasteiger partial charge in [-0.1, -0.05) is 52.0 Å². The molecule has 0 spiro atoms. The van der Waals surface area contributed by atoms with Gasteiger partial charge in [-0.15, -0.1) is 0 Å². The molecule has 4 N–H and O–H groups in total. The lowest BCUT2D eigenvalue weighted by Crippen LogP contribution is -2.43. The second kappa shape index (κ2) is 18.6. The summed E-state index contributed by atoms with van der Waals surface area (Å²) in [5.74, 6) is 0.227. The number of halogens is 6. The monoisotopic (exact) mass is 874 g/mol. The Balaban J connectivity index is 0.000000278. The van der Waals surface area contributed by atoms with Crippen molar-refractivity contribution < 1.29 is 45.4 Å². The Bertz CT molecular complexity index is 2100. The van der Waals surface area contributed by atoms with E-state index in [-0.39, 0.29) is 54.4 Å². The summed E-state index contributed by atoms with van der Waals surface area (Å²) < 4.78 is 93.4. The van der Waals surface area contributed by atoms with Crippen molar-refractivity contribution in [3.8, 4) is 11.5 Å². The fraction of sp³-hybridized carbons (Fsp3) is 0.542. The molecular weight excluding hydrogens is 811 g/mol. The number of aromatic nitrogens is 1. The molecule has 62 heavy (non-hydrogen) atoms. The van der Waals surface area contributed by atoms with Crippen LogP contribution in [0.1, 0.15) is 122 Å². The van der Waals surface area contributed by atoms with Crippen LogP contribution in [-0.2, 0) is 35.0 Å². The fourth-order valence-corrected chi connectivity index (χ4v) is 8.01. The third-order valence-corrected chi connectivity index (χ3v) is 11.4. The van der Waals surface area contributed by atoms with E-state index in [2.05, 4.69) is 33.4 Å². The van der Waals surface area contributed by atoms with Crippen LogP contribution in [0.5, 0.6) is 11.5 Å². The lowest BCUT2D eigenvalue weighted by Gasteiger charge is -2.32. The number of nitrogens with zero attached hydrogens (tertiary/aromatic N) is 1. The first-order chi connectivity index (χ1) is 28.4. The van der Waals surface area contributed by atoms with E-state index in [1.54, 1.807) is 6.08 Å². The first-order valence-corrected chi connectivity index (χ1v) is 21.0. The maximum Gasteiger partial charge on any atom is 0.416 e. The van der Waals surface area contributed by atoms with Crippen molar-refractivity contribution >= 4 is 11.8 Å². The zero-order valence-corrected chi connectivity index (χ0v) is 38.0. The van der Waals surface area contributed by atoms with E-state index in [4.69, 9.17) is 15.2 Å². The summed E-state index contributed by atoms with van der Waals surface area (Å²) in [7, 11) is 0. The molecule has 4 atom stereocenters. The minimum Gasteiger partial charge on any atom is -0.488 e. The Labute approximate surface area is 362 Å². The predicted octanol–water partition coefficient (Wildman–Crippen LogP) is 11.2. The number of aryl methyl sites for hydroxylation is 2. The average Bonchev–Trinajstić information content (AvgIpc) is 3.85. The largest absolute Gasteiger partial charge is 0.488 e. The first kappa shape index (κ1) is 49.9. The number of rotatable bonds is 11. The molecule has 1 aromatic heterocycles. The van der Waals surface area contributed by atoms with Crippen LogP contribution in [0.4, 0.5) is 26.3 Å². The SMILES string of the molecule is CC(C)[C@]1(C(=O)NCc2cc(C(F)(F)F)ccc2OC(C)(C)C)C=CC(N)C1.Cc1ccc(C)n1C1C=C[C@@](C(=O)NCc2cc(C(F)(F)F)ccc2OC(C)(C)C)(C(C)C)C1. The number of benzene rings is 2.